The molecule has 1 aromatic heterocycles. The highest BCUT2D eigenvalue weighted by Gasteiger charge is 2.22. The standard InChI is InChI=1S/C26H30N6O4S/c33-24(32-10-1-2-11-32)17-23-28-25(30-29-23)20-6-8-22(9-7-20)27-26(34)21-5-3-4-19(16-21)18-31-12-14-37(35,36)15-13-31/h3-9,16H,1-2,10-15,17-18H2,(H,27,34)(H,28,29,30). The van der Waals surface area contributed by atoms with Gasteiger partial charge in [-0.25, -0.2) is 13.4 Å². The summed E-state index contributed by atoms with van der Waals surface area (Å²) in [5.41, 5.74) is 2.92. The molecule has 0 saturated carbocycles. The van der Waals surface area contributed by atoms with E-state index in [1.165, 1.54) is 0 Å². The van der Waals surface area contributed by atoms with Gasteiger partial charge in [-0.1, -0.05) is 12.1 Å². The zero-order valence-electron chi connectivity index (χ0n) is 20.5. The third-order valence-electron chi connectivity index (χ3n) is 6.74. The van der Waals surface area contributed by atoms with Crippen molar-refractivity contribution >= 4 is 27.3 Å². The molecule has 0 atom stereocenters. The first-order valence-corrected chi connectivity index (χ1v) is 14.3. The Labute approximate surface area is 216 Å². The number of nitrogens with one attached hydrogen (secondary N) is 2. The molecule has 0 unspecified atom stereocenters. The Morgan fingerprint density at radius 1 is 0.973 bits per heavy atom. The highest BCUT2D eigenvalue weighted by molar-refractivity contribution is 7.91. The monoisotopic (exact) mass is 522 g/mol. The summed E-state index contributed by atoms with van der Waals surface area (Å²) in [6.07, 6.45) is 2.31. The van der Waals surface area contributed by atoms with Crippen LogP contribution in [0.1, 0.15) is 34.6 Å². The van der Waals surface area contributed by atoms with Crippen molar-refractivity contribution in [3.63, 3.8) is 0 Å². The van der Waals surface area contributed by atoms with Crippen molar-refractivity contribution < 1.29 is 18.0 Å². The molecule has 37 heavy (non-hydrogen) atoms. The van der Waals surface area contributed by atoms with Gasteiger partial charge in [0, 0.05) is 49.5 Å². The fraction of sp³-hybridized carbons (Fsp3) is 0.385. The van der Waals surface area contributed by atoms with Gasteiger partial charge in [0.05, 0.1) is 17.9 Å². The van der Waals surface area contributed by atoms with Crippen LogP contribution in [0.3, 0.4) is 0 Å². The summed E-state index contributed by atoms with van der Waals surface area (Å²) in [6, 6.07) is 14.6. The van der Waals surface area contributed by atoms with E-state index in [1.54, 1.807) is 18.2 Å². The number of aromatic amines is 1. The molecule has 2 aliphatic rings. The summed E-state index contributed by atoms with van der Waals surface area (Å²) in [6.45, 7) is 3.23. The Kier molecular flexibility index (Phi) is 7.33. The maximum Gasteiger partial charge on any atom is 0.255 e. The van der Waals surface area contributed by atoms with E-state index in [1.807, 2.05) is 35.2 Å². The van der Waals surface area contributed by atoms with Gasteiger partial charge in [0.25, 0.3) is 5.91 Å². The first-order chi connectivity index (χ1) is 17.8. The van der Waals surface area contributed by atoms with Gasteiger partial charge in [-0.3, -0.25) is 19.6 Å². The lowest BCUT2D eigenvalue weighted by molar-refractivity contribution is -0.129. The molecule has 5 rings (SSSR count). The number of carbonyl (C=O) groups is 2. The van der Waals surface area contributed by atoms with Crippen LogP contribution in [0.4, 0.5) is 5.69 Å². The summed E-state index contributed by atoms with van der Waals surface area (Å²) in [5, 5.41) is 10.0. The minimum Gasteiger partial charge on any atom is -0.342 e. The van der Waals surface area contributed by atoms with Crippen LogP contribution in [0, 0.1) is 0 Å². The minimum absolute atomic E-state index is 0.0613. The first-order valence-electron chi connectivity index (χ1n) is 12.5. The van der Waals surface area contributed by atoms with Crippen LogP contribution < -0.4 is 5.32 Å². The molecule has 2 aliphatic heterocycles. The summed E-state index contributed by atoms with van der Waals surface area (Å²) in [7, 11) is -2.92. The Balaban J connectivity index is 1.17. The lowest BCUT2D eigenvalue weighted by Gasteiger charge is -2.26. The number of rotatable bonds is 7. The lowest BCUT2D eigenvalue weighted by atomic mass is 10.1. The van der Waals surface area contributed by atoms with E-state index in [9.17, 15) is 18.0 Å². The second-order valence-electron chi connectivity index (χ2n) is 9.53. The number of amides is 2. The molecule has 0 bridgehead atoms. The van der Waals surface area contributed by atoms with Crippen molar-refractivity contribution in [3.05, 3.63) is 65.5 Å². The molecule has 0 radical (unpaired) electrons. The number of nitrogens with zero attached hydrogens (tertiary/aromatic N) is 4. The highest BCUT2D eigenvalue weighted by Crippen LogP contribution is 2.20. The molecule has 2 saturated heterocycles. The molecule has 0 spiro atoms. The van der Waals surface area contributed by atoms with Crippen molar-refractivity contribution in [1.82, 2.24) is 25.0 Å². The summed E-state index contributed by atoms with van der Waals surface area (Å²) in [5.74, 6) is 1.22. The van der Waals surface area contributed by atoms with E-state index < -0.39 is 9.84 Å². The number of carbonyl (C=O) groups excluding carboxylic acids is 2. The molecule has 2 aromatic carbocycles. The van der Waals surface area contributed by atoms with Crippen LogP contribution >= 0.6 is 0 Å². The first kappa shape index (κ1) is 25.1. The largest absolute Gasteiger partial charge is 0.342 e. The molecule has 3 heterocycles. The molecule has 3 aromatic rings. The van der Waals surface area contributed by atoms with Gasteiger partial charge in [0.1, 0.15) is 5.82 Å². The van der Waals surface area contributed by atoms with E-state index >= 15 is 0 Å². The van der Waals surface area contributed by atoms with Crippen molar-refractivity contribution in [2.45, 2.75) is 25.8 Å². The topological polar surface area (TPSA) is 128 Å². The quantitative estimate of drug-likeness (QED) is 0.486. The van der Waals surface area contributed by atoms with Gasteiger partial charge in [0.15, 0.2) is 15.7 Å². The highest BCUT2D eigenvalue weighted by atomic mass is 32.2. The van der Waals surface area contributed by atoms with E-state index in [4.69, 9.17) is 0 Å². The number of hydrogen-bond donors (Lipinski definition) is 2. The average molecular weight is 523 g/mol. The Hall–Kier alpha value is -3.57. The number of hydrogen-bond acceptors (Lipinski definition) is 7. The fourth-order valence-electron chi connectivity index (χ4n) is 4.61. The number of aromatic nitrogens is 3. The smallest absolute Gasteiger partial charge is 0.255 e. The van der Waals surface area contributed by atoms with E-state index in [0.29, 0.717) is 42.5 Å². The number of anilines is 1. The van der Waals surface area contributed by atoms with E-state index in [2.05, 4.69) is 25.4 Å². The fourth-order valence-corrected chi connectivity index (χ4v) is 5.89. The third kappa shape index (κ3) is 6.41. The molecule has 10 nitrogen and oxygen atoms in total. The van der Waals surface area contributed by atoms with Gasteiger partial charge < -0.3 is 10.2 Å². The van der Waals surface area contributed by atoms with E-state index in [-0.39, 0.29) is 29.7 Å². The molecule has 0 aliphatic carbocycles. The van der Waals surface area contributed by atoms with Crippen molar-refractivity contribution in [2.24, 2.45) is 0 Å². The Morgan fingerprint density at radius 3 is 2.43 bits per heavy atom. The summed E-state index contributed by atoms with van der Waals surface area (Å²) < 4.78 is 23.3. The molecule has 2 fully saturated rings. The van der Waals surface area contributed by atoms with Crippen LogP contribution in [-0.4, -0.2) is 82.9 Å². The number of likely N-dealkylation sites (tertiary alicyclic amines) is 1. The zero-order valence-corrected chi connectivity index (χ0v) is 21.3. The maximum atomic E-state index is 12.8. The number of sulfone groups is 1. The molecular weight excluding hydrogens is 492 g/mol. The van der Waals surface area contributed by atoms with E-state index in [0.717, 1.165) is 37.1 Å². The predicted molar refractivity (Wildman–Crippen MR) is 140 cm³/mol. The molecule has 194 valence electrons. The molecule has 2 amide bonds. The van der Waals surface area contributed by atoms with Crippen LogP contribution in [0.5, 0.6) is 0 Å². The molecule has 2 N–H and O–H groups in total. The third-order valence-corrected chi connectivity index (χ3v) is 8.35. The molecule has 11 heteroatoms. The second kappa shape index (κ2) is 10.8. The van der Waals surface area contributed by atoms with Gasteiger partial charge in [-0.2, -0.15) is 5.10 Å². The predicted octanol–water partition coefficient (Wildman–Crippen LogP) is 2.12. The van der Waals surface area contributed by atoms with Gasteiger partial charge in [0.2, 0.25) is 5.91 Å². The van der Waals surface area contributed by atoms with Gasteiger partial charge >= 0.3 is 0 Å². The van der Waals surface area contributed by atoms with Crippen LogP contribution in [0.15, 0.2) is 48.5 Å². The average Bonchev–Trinajstić information content (AvgIpc) is 3.59. The summed E-state index contributed by atoms with van der Waals surface area (Å²) in [4.78, 5) is 33.6. The van der Waals surface area contributed by atoms with Crippen molar-refractivity contribution in [2.75, 3.05) is 43.0 Å². The normalized spacial score (nSPS) is 17.6. The van der Waals surface area contributed by atoms with Crippen LogP contribution in [0.25, 0.3) is 11.4 Å². The Morgan fingerprint density at radius 2 is 1.70 bits per heavy atom. The van der Waals surface area contributed by atoms with Crippen LogP contribution in [-0.2, 0) is 27.6 Å². The van der Waals surface area contributed by atoms with Crippen molar-refractivity contribution in [1.29, 1.82) is 0 Å². The zero-order chi connectivity index (χ0) is 25.8. The SMILES string of the molecule is O=C(Nc1ccc(-c2n[nH]c(CC(=O)N3CCCC3)n2)cc1)c1cccc(CN2CCS(=O)(=O)CC2)c1. The van der Waals surface area contributed by atoms with Gasteiger partial charge in [-0.15, -0.1) is 0 Å². The number of H-pyrrole nitrogens is 1. The second-order valence-corrected chi connectivity index (χ2v) is 11.8. The van der Waals surface area contributed by atoms with Crippen LogP contribution in [0.2, 0.25) is 0 Å². The van der Waals surface area contributed by atoms with Gasteiger partial charge in [-0.05, 0) is 54.8 Å². The number of benzene rings is 2. The minimum atomic E-state index is -2.92. The Bertz CT molecular complexity index is 1370. The maximum absolute atomic E-state index is 12.8. The molecular formula is C26H30N6O4S. The van der Waals surface area contributed by atoms with Crippen molar-refractivity contribution in [3.8, 4) is 11.4 Å². The lowest BCUT2D eigenvalue weighted by Crippen LogP contribution is -2.39. The summed E-state index contributed by atoms with van der Waals surface area (Å²) >= 11 is 0.